The fraction of sp³-hybridized carbons (Fsp3) is 0.250. The molecule has 0 amide bonds. The first kappa shape index (κ1) is 17.3. The largest absolute Gasteiger partial charge is 0.386 e. The van der Waals surface area contributed by atoms with Crippen molar-refractivity contribution in [3.8, 4) is 0 Å². The lowest BCUT2D eigenvalue weighted by atomic mass is 10.1. The fourth-order valence-corrected chi connectivity index (χ4v) is 2.81. The Morgan fingerprint density at radius 1 is 1.22 bits per heavy atom. The van der Waals surface area contributed by atoms with Gasteiger partial charge in [0.15, 0.2) is 11.3 Å². The molecule has 10 nitrogen and oxygen atoms in total. The molecule has 0 spiro atoms. The van der Waals surface area contributed by atoms with E-state index in [1.54, 1.807) is 37.4 Å². The molecule has 0 saturated carbocycles. The highest BCUT2D eigenvalue weighted by Gasteiger charge is 2.13. The predicted octanol–water partition coefficient (Wildman–Crippen LogP) is 0.621. The number of benzene rings is 1. The molecular formula is C16H15ClN8O2. The maximum Gasteiger partial charge on any atom is 0.280 e. The third kappa shape index (κ3) is 3.44. The molecule has 0 fully saturated rings. The number of aryl methyl sites for hydroxylation is 1. The van der Waals surface area contributed by atoms with E-state index in [4.69, 9.17) is 11.6 Å². The molecule has 27 heavy (non-hydrogen) atoms. The molecular weight excluding hydrogens is 372 g/mol. The van der Waals surface area contributed by atoms with Gasteiger partial charge in [-0.25, -0.2) is 0 Å². The number of aliphatic hydroxyl groups excluding tert-OH is 1. The summed E-state index contributed by atoms with van der Waals surface area (Å²) in [6.45, 7) is 2.04. The van der Waals surface area contributed by atoms with Gasteiger partial charge in [-0.2, -0.15) is 9.90 Å². The normalized spacial score (nSPS) is 12.6. The highest BCUT2D eigenvalue weighted by atomic mass is 35.5. The minimum absolute atomic E-state index is 0.115. The Hall–Kier alpha value is -3.11. The highest BCUT2D eigenvalue weighted by Crippen LogP contribution is 2.17. The molecule has 1 aromatic carbocycles. The van der Waals surface area contributed by atoms with Crippen molar-refractivity contribution in [3.05, 3.63) is 69.1 Å². The van der Waals surface area contributed by atoms with Gasteiger partial charge in [0.25, 0.3) is 5.56 Å². The quantitative estimate of drug-likeness (QED) is 0.534. The van der Waals surface area contributed by atoms with Crippen LogP contribution >= 0.6 is 11.6 Å². The van der Waals surface area contributed by atoms with Gasteiger partial charge in [-0.3, -0.25) is 9.36 Å². The Morgan fingerprint density at radius 2 is 2.00 bits per heavy atom. The lowest BCUT2D eigenvalue weighted by Crippen LogP contribution is -2.24. The molecule has 0 saturated heterocycles. The van der Waals surface area contributed by atoms with E-state index >= 15 is 0 Å². The van der Waals surface area contributed by atoms with Crippen LogP contribution in [0.1, 0.15) is 23.1 Å². The zero-order valence-corrected chi connectivity index (χ0v) is 15.0. The first-order valence-electron chi connectivity index (χ1n) is 8.11. The number of nitrogens with zero attached hydrogens (tertiary/aromatic N) is 8. The van der Waals surface area contributed by atoms with Gasteiger partial charge in [0, 0.05) is 10.6 Å². The minimum atomic E-state index is -0.806. The summed E-state index contributed by atoms with van der Waals surface area (Å²) in [5.41, 5.74) is 1.60. The van der Waals surface area contributed by atoms with Crippen LogP contribution < -0.4 is 5.56 Å². The summed E-state index contributed by atoms with van der Waals surface area (Å²) in [7, 11) is 0. The molecule has 11 heteroatoms. The van der Waals surface area contributed by atoms with Crippen LogP contribution in [0.15, 0.2) is 41.6 Å². The summed E-state index contributed by atoms with van der Waals surface area (Å²) in [6.07, 6.45) is 2.16. The molecule has 4 aromatic rings. The van der Waals surface area contributed by atoms with Gasteiger partial charge >= 0.3 is 0 Å². The number of tetrazole rings is 1. The molecule has 3 heterocycles. The van der Waals surface area contributed by atoms with Gasteiger partial charge in [0.1, 0.15) is 12.4 Å². The van der Waals surface area contributed by atoms with Gasteiger partial charge in [0.2, 0.25) is 0 Å². The third-order valence-electron chi connectivity index (χ3n) is 4.10. The number of aromatic nitrogens is 8. The summed E-state index contributed by atoms with van der Waals surface area (Å²) in [6, 6.07) is 6.88. The van der Waals surface area contributed by atoms with Crippen LogP contribution in [-0.2, 0) is 13.1 Å². The Kier molecular flexibility index (Phi) is 4.42. The number of hydrogen-bond acceptors (Lipinski definition) is 7. The van der Waals surface area contributed by atoms with Crippen LogP contribution in [0.2, 0.25) is 5.02 Å². The topological polar surface area (TPSA) is 116 Å². The van der Waals surface area contributed by atoms with Crippen LogP contribution in [0, 0.1) is 6.92 Å². The van der Waals surface area contributed by atoms with Crippen LogP contribution in [0.25, 0.3) is 5.52 Å². The predicted molar refractivity (Wildman–Crippen MR) is 95.3 cm³/mol. The van der Waals surface area contributed by atoms with E-state index < -0.39 is 6.10 Å². The van der Waals surface area contributed by atoms with Gasteiger partial charge in [-0.1, -0.05) is 23.7 Å². The molecule has 1 atom stereocenters. The summed E-state index contributed by atoms with van der Waals surface area (Å²) in [4.78, 5) is 13.8. The van der Waals surface area contributed by atoms with Crippen molar-refractivity contribution < 1.29 is 5.11 Å². The van der Waals surface area contributed by atoms with E-state index in [2.05, 4.69) is 25.6 Å². The second-order valence-corrected chi connectivity index (χ2v) is 6.49. The van der Waals surface area contributed by atoms with Crippen molar-refractivity contribution in [3.63, 3.8) is 0 Å². The minimum Gasteiger partial charge on any atom is -0.386 e. The van der Waals surface area contributed by atoms with Crippen molar-refractivity contribution >= 4 is 17.1 Å². The van der Waals surface area contributed by atoms with Crippen molar-refractivity contribution in [2.45, 2.75) is 26.1 Å². The molecule has 0 bridgehead atoms. The van der Waals surface area contributed by atoms with E-state index in [0.717, 1.165) is 5.56 Å². The maximum absolute atomic E-state index is 12.5. The van der Waals surface area contributed by atoms with Crippen LogP contribution in [0.3, 0.4) is 0 Å². The Morgan fingerprint density at radius 3 is 2.78 bits per heavy atom. The van der Waals surface area contributed by atoms with Crippen molar-refractivity contribution in [1.82, 2.24) is 39.6 Å². The maximum atomic E-state index is 12.5. The molecule has 0 aliphatic carbocycles. The second-order valence-electron chi connectivity index (χ2n) is 6.06. The lowest BCUT2D eigenvalue weighted by molar-refractivity contribution is 0.144. The van der Waals surface area contributed by atoms with Crippen LogP contribution in [0.5, 0.6) is 0 Å². The van der Waals surface area contributed by atoms with E-state index in [-0.39, 0.29) is 18.6 Å². The van der Waals surface area contributed by atoms with Crippen LogP contribution in [0.4, 0.5) is 0 Å². The average Bonchev–Trinajstić information content (AvgIpc) is 3.25. The third-order valence-corrected chi connectivity index (χ3v) is 4.35. The Balaban J connectivity index is 1.51. The van der Waals surface area contributed by atoms with E-state index in [1.165, 1.54) is 20.3 Å². The number of rotatable bonds is 5. The van der Waals surface area contributed by atoms with Crippen LogP contribution in [-0.4, -0.2) is 44.7 Å². The number of hydrogen-bond donors (Lipinski definition) is 1. The number of aliphatic hydroxyl groups is 1. The lowest BCUT2D eigenvalue weighted by Gasteiger charge is -2.09. The molecule has 1 unspecified atom stereocenters. The van der Waals surface area contributed by atoms with Crippen molar-refractivity contribution in [1.29, 1.82) is 0 Å². The van der Waals surface area contributed by atoms with Gasteiger partial charge in [-0.05, 0) is 29.8 Å². The van der Waals surface area contributed by atoms with Gasteiger partial charge < -0.3 is 5.11 Å². The van der Waals surface area contributed by atoms with Gasteiger partial charge in [-0.15, -0.1) is 19.9 Å². The van der Waals surface area contributed by atoms with Crippen molar-refractivity contribution in [2.75, 3.05) is 0 Å². The first-order chi connectivity index (χ1) is 13.0. The van der Waals surface area contributed by atoms with E-state index in [0.29, 0.717) is 21.9 Å². The smallest absolute Gasteiger partial charge is 0.280 e. The summed E-state index contributed by atoms with van der Waals surface area (Å²) < 4.78 is 2.68. The van der Waals surface area contributed by atoms with E-state index in [1.807, 2.05) is 0 Å². The SMILES string of the molecule is Cc1cnn2ncn(Cc3nnn(CC(O)c4ccc(Cl)cc4)n3)c(=O)c12. The van der Waals surface area contributed by atoms with Gasteiger partial charge in [0.05, 0.1) is 19.3 Å². The zero-order chi connectivity index (χ0) is 19.0. The molecule has 3 aromatic heterocycles. The molecule has 0 aliphatic heterocycles. The fourth-order valence-electron chi connectivity index (χ4n) is 2.69. The van der Waals surface area contributed by atoms with Crippen molar-refractivity contribution in [2.24, 2.45) is 0 Å². The Bertz CT molecular complexity index is 1150. The standard InChI is InChI=1S/C16H15ClN8O2/c1-10-6-18-25-15(10)16(27)23(9-19-25)8-14-20-22-24(21-14)7-13(26)11-2-4-12(17)5-3-11/h2-6,9,13,26H,7-8H2,1H3. The Labute approximate surface area is 157 Å². The molecule has 0 radical (unpaired) electrons. The summed E-state index contributed by atoms with van der Waals surface area (Å²) in [5.74, 6) is 0.337. The molecule has 1 N–H and O–H groups in total. The first-order valence-corrected chi connectivity index (χ1v) is 8.49. The number of fused-ring (bicyclic) bond motifs is 1. The molecule has 4 rings (SSSR count). The summed E-state index contributed by atoms with van der Waals surface area (Å²) in [5, 5.41) is 31.1. The second kappa shape index (κ2) is 6.89. The zero-order valence-electron chi connectivity index (χ0n) is 14.3. The highest BCUT2D eigenvalue weighted by molar-refractivity contribution is 6.30. The van der Waals surface area contributed by atoms with E-state index in [9.17, 15) is 9.90 Å². The molecule has 0 aliphatic rings. The number of halogens is 1. The average molecular weight is 387 g/mol. The summed E-state index contributed by atoms with van der Waals surface area (Å²) >= 11 is 5.85. The molecule has 138 valence electrons. The monoisotopic (exact) mass is 386 g/mol.